The van der Waals surface area contributed by atoms with Gasteiger partial charge in [0.15, 0.2) is 17.2 Å². The van der Waals surface area contributed by atoms with E-state index in [-0.39, 0.29) is 5.69 Å². The lowest BCUT2D eigenvalue weighted by atomic mass is 10.1. The molecule has 0 aliphatic heterocycles. The number of hydrogen-bond acceptors (Lipinski definition) is 6. The zero-order valence-electron chi connectivity index (χ0n) is 18.2. The molecule has 0 spiro atoms. The monoisotopic (exact) mass is 462 g/mol. The van der Waals surface area contributed by atoms with Crippen molar-refractivity contribution in [2.45, 2.75) is 13.1 Å². The highest BCUT2D eigenvalue weighted by molar-refractivity contribution is 6.02. The molecule has 3 rings (SSSR count). The van der Waals surface area contributed by atoms with E-state index in [0.717, 1.165) is 6.20 Å². The van der Waals surface area contributed by atoms with Crippen LogP contribution in [0.15, 0.2) is 53.8 Å². The van der Waals surface area contributed by atoms with Crippen molar-refractivity contribution in [3.8, 4) is 22.9 Å². The fourth-order valence-electron chi connectivity index (χ4n) is 3.10. The van der Waals surface area contributed by atoms with Crippen LogP contribution in [0.4, 0.5) is 13.2 Å². The summed E-state index contributed by atoms with van der Waals surface area (Å²) in [4.78, 5) is 12.6. The van der Waals surface area contributed by atoms with E-state index < -0.39 is 23.3 Å². The Morgan fingerprint density at radius 2 is 1.64 bits per heavy atom. The van der Waals surface area contributed by atoms with Gasteiger partial charge in [0.25, 0.3) is 5.91 Å². The summed E-state index contributed by atoms with van der Waals surface area (Å²) in [5.41, 5.74) is 1.27. The molecule has 0 bridgehead atoms. The highest BCUT2D eigenvalue weighted by atomic mass is 19.4. The molecule has 0 fully saturated rings. The molecule has 11 heteroatoms. The quantitative estimate of drug-likeness (QED) is 0.423. The van der Waals surface area contributed by atoms with Crippen LogP contribution in [0.2, 0.25) is 0 Å². The van der Waals surface area contributed by atoms with Crippen molar-refractivity contribution >= 4 is 11.6 Å². The fraction of sp³-hybridized carbons (Fsp3) is 0.227. The van der Waals surface area contributed by atoms with Crippen molar-refractivity contribution in [2.75, 3.05) is 21.3 Å². The third kappa shape index (κ3) is 4.92. The predicted molar refractivity (Wildman–Crippen MR) is 114 cm³/mol. The third-order valence-corrected chi connectivity index (χ3v) is 4.69. The molecule has 1 amide bonds. The number of para-hydroxylation sites is 1. The van der Waals surface area contributed by atoms with Gasteiger partial charge in [0.1, 0.15) is 0 Å². The van der Waals surface area contributed by atoms with Gasteiger partial charge in [-0.05, 0) is 31.2 Å². The number of nitrogens with zero attached hydrogens (tertiary/aromatic N) is 3. The van der Waals surface area contributed by atoms with Crippen molar-refractivity contribution in [2.24, 2.45) is 5.10 Å². The minimum atomic E-state index is -4.82. The molecule has 0 saturated heterocycles. The molecule has 174 valence electrons. The summed E-state index contributed by atoms with van der Waals surface area (Å²) in [7, 11) is 4.34. The summed E-state index contributed by atoms with van der Waals surface area (Å²) in [5, 5.41) is 7.71. The van der Waals surface area contributed by atoms with Crippen LogP contribution in [0.3, 0.4) is 0 Å². The molecule has 1 N–H and O–H groups in total. The number of carbonyl (C=O) groups excluding carboxylic acids is 1. The van der Waals surface area contributed by atoms with E-state index in [9.17, 15) is 18.0 Å². The number of hydrogen-bond donors (Lipinski definition) is 1. The molecule has 0 unspecified atom stereocenters. The second-order valence-corrected chi connectivity index (χ2v) is 6.70. The minimum Gasteiger partial charge on any atom is -0.493 e. The van der Waals surface area contributed by atoms with Gasteiger partial charge in [0, 0.05) is 5.56 Å². The standard InChI is InChI=1S/C22H21F3N4O4/c1-13(14-10-17(31-2)19(33-4)18(11-14)32-3)27-28-21(30)16-12-26-29(20(16)22(23,24)25)15-8-6-5-7-9-15/h5-12H,1-4H3,(H,28,30). The van der Waals surface area contributed by atoms with Gasteiger partial charge in [0.2, 0.25) is 5.75 Å². The predicted octanol–water partition coefficient (Wildman–Crippen LogP) is 4.07. The molecule has 1 aromatic heterocycles. The number of benzene rings is 2. The van der Waals surface area contributed by atoms with Gasteiger partial charge in [-0.3, -0.25) is 4.79 Å². The summed E-state index contributed by atoms with van der Waals surface area (Å²) in [6, 6.07) is 10.9. The Morgan fingerprint density at radius 3 is 2.15 bits per heavy atom. The van der Waals surface area contributed by atoms with Crippen LogP contribution in [0, 0.1) is 0 Å². The zero-order valence-corrected chi connectivity index (χ0v) is 18.2. The van der Waals surface area contributed by atoms with Crippen LogP contribution in [0.1, 0.15) is 28.5 Å². The number of halogens is 3. The number of carbonyl (C=O) groups is 1. The molecule has 0 saturated carbocycles. The summed E-state index contributed by atoms with van der Waals surface area (Å²) in [6.07, 6.45) is -3.97. The Kier molecular flexibility index (Phi) is 6.90. The third-order valence-electron chi connectivity index (χ3n) is 4.69. The molecule has 0 aliphatic carbocycles. The van der Waals surface area contributed by atoms with E-state index in [1.54, 1.807) is 37.3 Å². The molecular weight excluding hydrogens is 441 g/mol. The lowest BCUT2D eigenvalue weighted by Crippen LogP contribution is -2.24. The Labute approximate surface area is 187 Å². The first-order valence-electron chi connectivity index (χ1n) is 9.56. The van der Waals surface area contributed by atoms with E-state index in [0.29, 0.717) is 33.2 Å². The van der Waals surface area contributed by atoms with Crippen LogP contribution in [0.5, 0.6) is 17.2 Å². The Hall–Kier alpha value is -4.02. The largest absolute Gasteiger partial charge is 0.493 e. The molecule has 8 nitrogen and oxygen atoms in total. The maximum Gasteiger partial charge on any atom is 0.434 e. The SMILES string of the molecule is COc1cc(C(C)=NNC(=O)c2cnn(-c3ccccc3)c2C(F)(F)F)cc(OC)c1OC. The summed E-state index contributed by atoms with van der Waals surface area (Å²) < 4.78 is 57.8. The molecule has 0 aliphatic rings. The molecule has 0 atom stereocenters. The molecule has 3 aromatic rings. The lowest BCUT2D eigenvalue weighted by molar-refractivity contribution is -0.143. The van der Waals surface area contributed by atoms with Gasteiger partial charge < -0.3 is 14.2 Å². The average molecular weight is 462 g/mol. The number of ether oxygens (including phenoxy) is 3. The van der Waals surface area contributed by atoms with E-state index in [4.69, 9.17) is 14.2 Å². The first-order chi connectivity index (χ1) is 15.7. The van der Waals surface area contributed by atoms with Crippen LogP contribution in [0.25, 0.3) is 5.69 Å². The number of hydrazone groups is 1. The number of rotatable bonds is 7. The van der Waals surface area contributed by atoms with Gasteiger partial charge in [0.05, 0.1) is 44.5 Å². The van der Waals surface area contributed by atoms with Crippen LogP contribution < -0.4 is 19.6 Å². The maximum absolute atomic E-state index is 13.8. The van der Waals surface area contributed by atoms with Gasteiger partial charge in [-0.25, -0.2) is 10.1 Å². The zero-order chi connectivity index (χ0) is 24.2. The number of amides is 1. The first kappa shape index (κ1) is 23.6. The molecule has 33 heavy (non-hydrogen) atoms. The maximum atomic E-state index is 13.8. The Morgan fingerprint density at radius 1 is 1.03 bits per heavy atom. The normalized spacial score (nSPS) is 11.8. The minimum absolute atomic E-state index is 0.168. The fourth-order valence-corrected chi connectivity index (χ4v) is 3.10. The summed E-state index contributed by atoms with van der Waals surface area (Å²) >= 11 is 0. The molecule has 1 heterocycles. The first-order valence-corrected chi connectivity index (χ1v) is 9.56. The van der Waals surface area contributed by atoms with Crippen molar-refractivity contribution in [3.05, 3.63) is 65.5 Å². The van der Waals surface area contributed by atoms with Gasteiger partial charge >= 0.3 is 6.18 Å². The summed E-state index contributed by atoms with van der Waals surface area (Å²) in [6.45, 7) is 1.57. The Bertz CT molecular complexity index is 1150. The second-order valence-electron chi connectivity index (χ2n) is 6.70. The van der Waals surface area contributed by atoms with E-state index in [1.165, 1.54) is 33.5 Å². The Balaban J connectivity index is 1.93. The molecule has 2 aromatic carbocycles. The van der Waals surface area contributed by atoms with Crippen molar-refractivity contribution in [1.29, 1.82) is 0 Å². The van der Waals surface area contributed by atoms with E-state index >= 15 is 0 Å². The van der Waals surface area contributed by atoms with Gasteiger partial charge in [-0.1, -0.05) is 18.2 Å². The lowest BCUT2D eigenvalue weighted by Gasteiger charge is -2.14. The number of aromatic nitrogens is 2. The average Bonchev–Trinajstić information content (AvgIpc) is 3.28. The van der Waals surface area contributed by atoms with Gasteiger partial charge in [-0.15, -0.1) is 0 Å². The summed E-state index contributed by atoms with van der Waals surface area (Å²) in [5.74, 6) is 0.0208. The number of alkyl halides is 3. The number of methoxy groups -OCH3 is 3. The van der Waals surface area contributed by atoms with Crippen LogP contribution >= 0.6 is 0 Å². The molecular formula is C22H21F3N4O4. The molecule has 0 radical (unpaired) electrons. The topological polar surface area (TPSA) is 87.0 Å². The van der Waals surface area contributed by atoms with Crippen molar-refractivity contribution in [1.82, 2.24) is 15.2 Å². The highest BCUT2D eigenvalue weighted by Gasteiger charge is 2.40. The highest BCUT2D eigenvalue weighted by Crippen LogP contribution is 2.38. The van der Waals surface area contributed by atoms with E-state index in [1.807, 2.05) is 0 Å². The van der Waals surface area contributed by atoms with Crippen LogP contribution in [-0.4, -0.2) is 42.7 Å². The second kappa shape index (κ2) is 9.63. The van der Waals surface area contributed by atoms with E-state index in [2.05, 4.69) is 15.6 Å². The van der Waals surface area contributed by atoms with Crippen molar-refractivity contribution < 1.29 is 32.2 Å². The van der Waals surface area contributed by atoms with Crippen molar-refractivity contribution in [3.63, 3.8) is 0 Å². The van der Waals surface area contributed by atoms with Crippen LogP contribution in [-0.2, 0) is 6.18 Å². The number of nitrogens with one attached hydrogen (secondary N) is 1. The van der Waals surface area contributed by atoms with Gasteiger partial charge in [-0.2, -0.15) is 23.4 Å². The smallest absolute Gasteiger partial charge is 0.434 e.